The number of rotatable bonds is 7. The van der Waals surface area contributed by atoms with Crippen molar-refractivity contribution in [2.24, 2.45) is 0 Å². The van der Waals surface area contributed by atoms with Crippen molar-refractivity contribution < 1.29 is 4.74 Å². The van der Waals surface area contributed by atoms with E-state index in [1.54, 1.807) is 12.3 Å². The van der Waals surface area contributed by atoms with Crippen LogP contribution in [0.15, 0.2) is 83.1 Å². The number of hydrogen-bond acceptors (Lipinski definition) is 10. The number of piperazine rings is 1. The van der Waals surface area contributed by atoms with Crippen LogP contribution < -0.4 is 10.5 Å². The van der Waals surface area contributed by atoms with Crippen molar-refractivity contribution in [1.82, 2.24) is 34.5 Å². The molecule has 0 radical (unpaired) electrons. The highest BCUT2D eigenvalue weighted by Gasteiger charge is 2.30. The minimum atomic E-state index is 0.266. The van der Waals surface area contributed by atoms with Crippen molar-refractivity contribution in [2.75, 3.05) is 39.0 Å². The lowest BCUT2D eigenvalue weighted by Gasteiger charge is -2.41. The largest absolute Gasteiger partial charge is 0.456 e. The van der Waals surface area contributed by atoms with Crippen LogP contribution in [0.1, 0.15) is 37.3 Å². The number of likely N-dealkylation sites (N-methyl/N-ethyl adjacent to an activating group) is 1. The van der Waals surface area contributed by atoms with E-state index in [2.05, 4.69) is 42.6 Å². The molecule has 1 aliphatic heterocycles. The van der Waals surface area contributed by atoms with E-state index in [9.17, 15) is 5.26 Å². The maximum Gasteiger partial charge on any atom is 0.164 e. The highest BCUT2D eigenvalue weighted by Crippen LogP contribution is 2.39. The molecule has 0 amide bonds. The van der Waals surface area contributed by atoms with Gasteiger partial charge in [-0.1, -0.05) is 23.9 Å². The van der Waals surface area contributed by atoms with Gasteiger partial charge < -0.3 is 15.4 Å². The van der Waals surface area contributed by atoms with E-state index in [1.807, 2.05) is 54.6 Å². The van der Waals surface area contributed by atoms with Crippen molar-refractivity contribution in [3.8, 4) is 28.8 Å². The molecule has 3 aromatic heterocycles. The lowest BCUT2D eigenvalue weighted by atomic mass is 9.90. The number of nitrogens with zero attached hydrogens (tertiary/aromatic N) is 8. The molecule has 2 N–H and O–H groups in total. The van der Waals surface area contributed by atoms with Crippen LogP contribution in [0.25, 0.3) is 22.3 Å². The third-order valence-electron chi connectivity index (χ3n) is 8.89. The molecule has 0 unspecified atom stereocenters. The summed E-state index contributed by atoms with van der Waals surface area (Å²) < 4.78 is 8.29. The van der Waals surface area contributed by atoms with Crippen LogP contribution in [0, 0.1) is 11.3 Å². The van der Waals surface area contributed by atoms with Gasteiger partial charge in [-0.3, -0.25) is 4.90 Å². The minimum Gasteiger partial charge on any atom is -0.456 e. The number of ether oxygens (including phenoxy) is 1. The molecule has 0 bridgehead atoms. The number of nitrogen functional groups attached to an aromatic ring is 1. The third kappa shape index (κ3) is 6.09. The van der Waals surface area contributed by atoms with Gasteiger partial charge in [0.25, 0.3) is 0 Å². The molecule has 0 spiro atoms. The van der Waals surface area contributed by atoms with Gasteiger partial charge in [0.15, 0.2) is 5.65 Å². The lowest BCUT2D eigenvalue weighted by Crippen LogP contribution is -2.49. The Labute approximate surface area is 266 Å². The van der Waals surface area contributed by atoms with E-state index in [0.29, 0.717) is 28.9 Å². The van der Waals surface area contributed by atoms with Crippen LogP contribution in [-0.2, 0) is 0 Å². The first-order valence-electron chi connectivity index (χ1n) is 15.4. The first-order valence-corrected chi connectivity index (χ1v) is 16.2. The summed E-state index contributed by atoms with van der Waals surface area (Å²) in [6.45, 7) is 4.59. The molecule has 1 saturated carbocycles. The zero-order valence-corrected chi connectivity index (χ0v) is 26.0. The van der Waals surface area contributed by atoms with Gasteiger partial charge in [-0.2, -0.15) is 10.4 Å². The van der Waals surface area contributed by atoms with Crippen molar-refractivity contribution in [3.05, 3.63) is 78.8 Å². The van der Waals surface area contributed by atoms with Gasteiger partial charge in [-0.15, -0.1) is 0 Å². The normalized spacial score (nSPS) is 19.4. The molecule has 5 aromatic rings. The van der Waals surface area contributed by atoms with Gasteiger partial charge in [-0.05, 0) is 81.3 Å². The van der Waals surface area contributed by atoms with Crippen LogP contribution in [0.5, 0.6) is 11.5 Å². The molecule has 11 heteroatoms. The van der Waals surface area contributed by atoms with E-state index in [4.69, 9.17) is 15.6 Å². The van der Waals surface area contributed by atoms with Gasteiger partial charge in [0, 0.05) is 48.9 Å². The first-order chi connectivity index (χ1) is 22.1. The van der Waals surface area contributed by atoms with Crippen LogP contribution in [-0.4, -0.2) is 73.8 Å². The minimum absolute atomic E-state index is 0.266. The topological polar surface area (TPSA) is 122 Å². The summed E-state index contributed by atoms with van der Waals surface area (Å²) in [6.07, 6.45) is 7.70. The molecule has 0 atom stereocenters. The van der Waals surface area contributed by atoms with E-state index in [-0.39, 0.29) is 6.04 Å². The zero-order valence-electron chi connectivity index (χ0n) is 25.2. The van der Waals surface area contributed by atoms with Gasteiger partial charge in [-0.25, -0.2) is 19.6 Å². The summed E-state index contributed by atoms with van der Waals surface area (Å²) in [7, 11) is 2.20. The van der Waals surface area contributed by atoms with Crippen LogP contribution >= 0.6 is 11.8 Å². The molecule has 2 aliphatic rings. The second kappa shape index (κ2) is 12.9. The number of benzene rings is 2. The van der Waals surface area contributed by atoms with Crippen molar-refractivity contribution in [3.63, 3.8) is 0 Å². The number of pyridine rings is 1. The molecular formula is C34H35N9OS. The SMILES string of the molecule is CN1CCN(C2CCC(n3nc(-c4ccc(Oc5cccc(Sc6ccccn6)c5C#N)cc4)c4c(N)ncnc43)CC2)CC1. The van der Waals surface area contributed by atoms with Crippen molar-refractivity contribution in [2.45, 2.75) is 47.7 Å². The molecule has 7 rings (SSSR count). The summed E-state index contributed by atoms with van der Waals surface area (Å²) in [5.74, 6) is 1.53. The Hall–Kier alpha value is -4.50. The standard InChI is InChI=1S/C34H35N9OS/c1-41-17-19-42(20-18-41)24-10-12-25(13-11-24)43-34-31(33(36)38-22-39-34)32(40-43)23-8-14-26(15-9-23)44-28-5-4-6-29(27(28)21-35)45-30-7-2-3-16-37-30/h2-9,14-16,22,24-25H,10-13,17-20H2,1H3,(H2,36,38,39). The lowest BCUT2D eigenvalue weighted by molar-refractivity contribution is 0.0815. The van der Waals surface area contributed by atoms with Crippen LogP contribution in [0.4, 0.5) is 5.82 Å². The molecule has 228 valence electrons. The average Bonchev–Trinajstić information content (AvgIpc) is 3.47. The summed E-state index contributed by atoms with van der Waals surface area (Å²) in [5, 5.41) is 16.7. The van der Waals surface area contributed by atoms with Crippen molar-refractivity contribution in [1.29, 1.82) is 5.26 Å². The second-order valence-electron chi connectivity index (χ2n) is 11.7. The fraction of sp³-hybridized carbons (Fsp3) is 0.324. The summed E-state index contributed by atoms with van der Waals surface area (Å²) in [6, 6.07) is 22.2. The Morgan fingerprint density at radius 2 is 1.67 bits per heavy atom. The Morgan fingerprint density at radius 1 is 0.889 bits per heavy atom. The summed E-state index contributed by atoms with van der Waals surface area (Å²) >= 11 is 1.43. The van der Waals surface area contributed by atoms with E-state index in [1.165, 1.54) is 18.1 Å². The fourth-order valence-electron chi connectivity index (χ4n) is 6.43. The predicted octanol–water partition coefficient (Wildman–Crippen LogP) is 6.02. The molecule has 4 heterocycles. The second-order valence-corrected chi connectivity index (χ2v) is 12.8. The van der Waals surface area contributed by atoms with Gasteiger partial charge >= 0.3 is 0 Å². The quantitative estimate of drug-likeness (QED) is 0.232. The number of nitrogens with two attached hydrogens (primary N) is 1. The number of nitriles is 1. The van der Waals surface area contributed by atoms with Gasteiger partial charge in [0.05, 0.1) is 11.4 Å². The van der Waals surface area contributed by atoms with Crippen LogP contribution in [0.3, 0.4) is 0 Å². The number of aromatic nitrogens is 5. The monoisotopic (exact) mass is 617 g/mol. The molecule has 10 nitrogen and oxygen atoms in total. The van der Waals surface area contributed by atoms with Gasteiger partial charge in [0.2, 0.25) is 0 Å². The summed E-state index contributed by atoms with van der Waals surface area (Å²) in [4.78, 5) is 19.2. The van der Waals surface area contributed by atoms with Crippen molar-refractivity contribution >= 4 is 28.6 Å². The molecule has 1 aliphatic carbocycles. The molecule has 2 fully saturated rings. The van der Waals surface area contributed by atoms with Gasteiger partial charge in [0.1, 0.15) is 46.0 Å². The smallest absolute Gasteiger partial charge is 0.164 e. The van der Waals surface area contributed by atoms with E-state index < -0.39 is 0 Å². The number of anilines is 1. The maximum absolute atomic E-state index is 9.97. The first kappa shape index (κ1) is 29.2. The fourth-order valence-corrected chi connectivity index (χ4v) is 7.31. The molecular weight excluding hydrogens is 583 g/mol. The average molecular weight is 618 g/mol. The predicted molar refractivity (Wildman–Crippen MR) is 175 cm³/mol. The molecule has 45 heavy (non-hydrogen) atoms. The Morgan fingerprint density at radius 3 is 2.40 bits per heavy atom. The van der Waals surface area contributed by atoms with E-state index in [0.717, 1.165) is 84.1 Å². The summed E-state index contributed by atoms with van der Waals surface area (Å²) in [5.41, 5.74) is 9.34. The van der Waals surface area contributed by atoms with Crippen LogP contribution in [0.2, 0.25) is 0 Å². The Balaban J connectivity index is 1.11. The zero-order chi connectivity index (χ0) is 30.8. The Bertz CT molecular complexity index is 1820. The Kier molecular flexibility index (Phi) is 8.35. The third-order valence-corrected chi connectivity index (χ3v) is 9.90. The highest BCUT2D eigenvalue weighted by molar-refractivity contribution is 7.99. The van der Waals surface area contributed by atoms with E-state index >= 15 is 0 Å². The highest BCUT2D eigenvalue weighted by atomic mass is 32.2. The molecule has 1 saturated heterocycles. The number of fused-ring (bicyclic) bond motifs is 1. The number of hydrogen-bond donors (Lipinski definition) is 1. The maximum atomic E-state index is 9.97. The molecule has 2 aromatic carbocycles.